The second kappa shape index (κ2) is 9.98. The molecule has 1 fully saturated rings. The summed E-state index contributed by atoms with van der Waals surface area (Å²) in [4.78, 5) is 17.1. The van der Waals surface area contributed by atoms with Crippen molar-refractivity contribution in [3.8, 4) is 5.75 Å². The average Bonchev–Trinajstić information content (AvgIpc) is 2.76. The molecule has 30 heavy (non-hydrogen) atoms. The number of anilines is 1. The van der Waals surface area contributed by atoms with Gasteiger partial charge in [0.25, 0.3) is 5.91 Å². The van der Waals surface area contributed by atoms with E-state index in [0.717, 1.165) is 67.0 Å². The number of aryl methyl sites for hydroxylation is 1. The van der Waals surface area contributed by atoms with Gasteiger partial charge in [-0.3, -0.25) is 4.79 Å². The molecular formula is C25H35N3O2. The second-order valence-corrected chi connectivity index (χ2v) is 8.46. The Labute approximate surface area is 180 Å². The summed E-state index contributed by atoms with van der Waals surface area (Å²) in [7, 11) is 1.91. The molecule has 1 amide bonds. The highest BCUT2D eigenvalue weighted by atomic mass is 16.5. The molecule has 1 saturated heterocycles. The van der Waals surface area contributed by atoms with Crippen molar-refractivity contribution in [2.75, 3.05) is 39.0 Å². The van der Waals surface area contributed by atoms with Gasteiger partial charge in [0.1, 0.15) is 5.75 Å². The highest BCUT2D eigenvalue weighted by Crippen LogP contribution is 2.30. The number of carbonyl (C=O) groups is 1. The van der Waals surface area contributed by atoms with Gasteiger partial charge in [-0.15, -0.1) is 0 Å². The molecule has 0 unspecified atom stereocenters. The van der Waals surface area contributed by atoms with Crippen LogP contribution in [0.3, 0.4) is 0 Å². The Morgan fingerprint density at radius 1 is 1.13 bits per heavy atom. The Kier molecular flexibility index (Phi) is 7.38. The van der Waals surface area contributed by atoms with Crippen LogP contribution in [0.5, 0.6) is 5.75 Å². The quantitative estimate of drug-likeness (QED) is 0.708. The van der Waals surface area contributed by atoms with Crippen LogP contribution in [0, 0.1) is 20.8 Å². The van der Waals surface area contributed by atoms with Crippen LogP contribution in [0.1, 0.15) is 35.1 Å². The van der Waals surface area contributed by atoms with Crippen molar-refractivity contribution in [1.29, 1.82) is 0 Å². The Hall–Kier alpha value is -2.53. The minimum atomic E-state index is 0.0333. The van der Waals surface area contributed by atoms with E-state index in [0.29, 0.717) is 0 Å². The van der Waals surface area contributed by atoms with E-state index in [1.54, 1.807) is 0 Å². The van der Waals surface area contributed by atoms with Crippen molar-refractivity contribution in [2.24, 2.45) is 0 Å². The number of hydrogen-bond acceptors (Lipinski definition) is 4. The van der Waals surface area contributed by atoms with E-state index < -0.39 is 0 Å². The van der Waals surface area contributed by atoms with Crippen LogP contribution in [0.4, 0.5) is 5.69 Å². The minimum absolute atomic E-state index is 0.0333. The van der Waals surface area contributed by atoms with E-state index in [9.17, 15) is 4.79 Å². The van der Waals surface area contributed by atoms with Crippen molar-refractivity contribution in [1.82, 2.24) is 9.80 Å². The van der Waals surface area contributed by atoms with Gasteiger partial charge >= 0.3 is 0 Å². The van der Waals surface area contributed by atoms with E-state index in [4.69, 9.17) is 10.5 Å². The lowest BCUT2D eigenvalue weighted by Crippen LogP contribution is -2.47. The molecule has 5 nitrogen and oxygen atoms in total. The maximum Gasteiger partial charge on any atom is 0.260 e. The molecule has 5 heteroatoms. The fourth-order valence-electron chi connectivity index (χ4n) is 4.21. The number of likely N-dealkylation sites (tertiary alicyclic amines) is 1. The molecule has 0 atom stereocenters. The first-order valence-corrected chi connectivity index (χ1v) is 10.9. The second-order valence-electron chi connectivity index (χ2n) is 8.46. The molecule has 2 N–H and O–H groups in total. The number of carbonyl (C=O) groups excluding carboxylic acids is 1. The molecule has 1 aliphatic rings. The number of nitrogen functional groups attached to an aromatic ring is 1. The lowest BCUT2D eigenvalue weighted by atomic mass is 10.0. The topological polar surface area (TPSA) is 58.8 Å². The van der Waals surface area contributed by atoms with E-state index in [2.05, 4.69) is 35.2 Å². The molecule has 1 heterocycles. The monoisotopic (exact) mass is 409 g/mol. The van der Waals surface area contributed by atoms with Crippen molar-refractivity contribution >= 4 is 11.6 Å². The fourth-order valence-corrected chi connectivity index (χ4v) is 4.21. The number of piperidine rings is 1. The van der Waals surface area contributed by atoms with Gasteiger partial charge in [-0.2, -0.15) is 0 Å². The summed E-state index contributed by atoms with van der Waals surface area (Å²) in [6.07, 6.45) is 3.10. The van der Waals surface area contributed by atoms with Crippen molar-refractivity contribution in [3.63, 3.8) is 0 Å². The first kappa shape index (κ1) is 22.2. The number of nitrogens with two attached hydrogens (primary N) is 1. The van der Waals surface area contributed by atoms with Crippen LogP contribution in [0.25, 0.3) is 0 Å². The van der Waals surface area contributed by atoms with Gasteiger partial charge in [-0.25, -0.2) is 0 Å². The molecular weight excluding hydrogens is 374 g/mol. The Morgan fingerprint density at radius 3 is 2.47 bits per heavy atom. The zero-order valence-corrected chi connectivity index (χ0v) is 18.8. The Balaban J connectivity index is 1.46. The Bertz CT molecular complexity index is 858. The summed E-state index contributed by atoms with van der Waals surface area (Å²) >= 11 is 0. The zero-order valence-electron chi connectivity index (χ0n) is 18.8. The average molecular weight is 410 g/mol. The fraction of sp³-hybridized carbons (Fsp3) is 0.480. The summed E-state index contributed by atoms with van der Waals surface area (Å²) in [6, 6.07) is 12.8. The summed E-state index contributed by atoms with van der Waals surface area (Å²) in [6.45, 7) is 9.15. The summed E-state index contributed by atoms with van der Waals surface area (Å²) in [5, 5.41) is 0. The van der Waals surface area contributed by atoms with Crippen LogP contribution < -0.4 is 10.5 Å². The lowest BCUT2D eigenvalue weighted by molar-refractivity contribution is -0.135. The summed E-state index contributed by atoms with van der Waals surface area (Å²) in [5.41, 5.74) is 11.2. The maximum atomic E-state index is 12.7. The molecule has 2 aromatic carbocycles. The third-order valence-corrected chi connectivity index (χ3v) is 6.46. The third-order valence-electron chi connectivity index (χ3n) is 6.46. The molecule has 3 rings (SSSR count). The molecule has 1 aliphatic heterocycles. The van der Waals surface area contributed by atoms with Crippen molar-refractivity contribution in [2.45, 2.75) is 46.1 Å². The third kappa shape index (κ3) is 5.33. The minimum Gasteiger partial charge on any atom is -0.483 e. The van der Waals surface area contributed by atoms with Gasteiger partial charge in [-0.1, -0.05) is 30.3 Å². The van der Waals surface area contributed by atoms with E-state index in [-0.39, 0.29) is 18.6 Å². The lowest BCUT2D eigenvalue weighted by Gasteiger charge is -2.36. The molecule has 2 aromatic rings. The number of nitrogens with zero attached hydrogens (tertiary/aromatic N) is 2. The predicted molar refractivity (Wildman–Crippen MR) is 123 cm³/mol. The highest BCUT2D eigenvalue weighted by molar-refractivity contribution is 5.78. The van der Waals surface area contributed by atoms with Gasteiger partial charge in [0.05, 0.1) is 0 Å². The number of benzene rings is 2. The SMILES string of the molecule is Cc1cc(N)c(C)c(C)c1OCC(=O)N(C)C1CCN(CCc2ccccc2)CC1. The largest absolute Gasteiger partial charge is 0.483 e. The van der Waals surface area contributed by atoms with Gasteiger partial charge in [0, 0.05) is 38.4 Å². The molecule has 162 valence electrons. The first-order chi connectivity index (χ1) is 14.4. The van der Waals surface area contributed by atoms with E-state index in [1.807, 2.05) is 38.8 Å². The van der Waals surface area contributed by atoms with Gasteiger partial charge in [0.2, 0.25) is 0 Å². The number of hydrogen-bond donors (Lipinski definition) is 1. The summed E-state index contributed by atoms with van der Waals surface area (Å²) in [5.74, 6) is 0.810. The van der Waals surface area contributed by atoms with Crippen molar-refractivity contribution in [3.05, 3.63) is 58.7 Å². The predicted octanol–water partition coefficient (Wildman–Crippen LogP) is 3.74. The van der Waals surface area contributed by atoms with Crippen molar-refractivity contribution < 1.29 is 9.53 Å². The molecule has 0 bridgehead atoms. The number of rotatable bonds is 7. The van der Waals surface area contributed by atoms with Crippen LogP contribution in [-0.4, -0.2) is 55.0 Å². The Morgan fingerprint density at radius 2 is 1.80 bits per heavy atom. The molecule has 0 saturated carbocycles. The van der Waals surface area contributed by atoms with Crippen LogP contribution >= 0.6 is 0 Å². The molecule has 0 radical (unpaired) electrons. The number of ether oxygens (including phenoxy) is 1. The van der Waals surface area contributed by atoms with Crippen LogP contribution in [-0.2, 0) is 11.2 Å². The van der Waals surface area contributed by atoms with E-state index >= 15 is 0 Å². The van der Waals surface area contributed by atoms with Crippen LogP contribution in [0.2, 0.25) is 0 Å². The zero-order chi connectivity index (χ0) is 21.7. The van der Waals surface area contributed by atoms with Gasteiger partial charge in [0.15, 0.2) is 6.61 Å². The first-order valence-electron chi connectivity index (χ1n) is 10.9. The number of amides is 1. The van der Waals surface area contributed by atoms with Gasteiger partial charge < -0.3 is 20.3 Å². The molecule has 0 aromatic heterocycles. The maximum absolute atomic E-state index is 12.7. The molecule has 0 spiro atoms. The standard InChI is InChI=1S/C25H35N3O2/c1-18-16-23(26)19(2)20(3)25(18)30-17-24(29)27(4)22-11-14-28(15-12-22)13-10-21-8-6-5-7-9-21/h5-9,16,22H,10-15,17,26H2,1-4H3. The van der Waals surface area contributed by atoms with Gasteiger partial charge in [-0.05, 0) is 68.4 Å². The van der Waals surface area contributed by atoms with E-state index in [1.165, 1.54) is 5.56 Å². The normalized spacial score (nSPS) is 15.2. The summed E-state index contributed by atoms with van der Waals surface area (Å²) < 4.78 is 5.93. The van der Waals surface area contributed by atoms with Crippen LogP contribution in [0.15, 0.2) is 36.4 Å². The smallest absolute Gasteiger partial charge is 0.260 e. The molecule has 0 aliphatic carbocycles. The number of likely N-dealkylation sites (N-methyl/N-ethyl adjacent to an activating group) is 1. The highest BCUT2D eigenvalue weighted by Gasteiger charge is 2.25.